The van der Waals surface area contributed by atoms with Crippen LogP contribution in [0.2, 0.25) is 0 Å². The van der Waals surface area contributed by atoms with Crippen molar-refractivity contribution < 1.29 is 35.9 Å². The highest BCUT2D eigenvalue weighted by atomic mass is 32.2. The van der Waals surface area contributed by atoms with Crippen LogP contribution >= 0.6 is 0 Å². The van der Waals surface area contributed by atoms with E-state index in [0.717, 1.165) is 55.3 Å². The summed E-state index contributed by atoms with van der Waals surface area (Å²) >= 11 is 0. The Morgan fingerprint density at radius 2 is 1.60 bits per heavy atom. The van der Waals surface area contributed by atoms with Crippen molar-refractivity contribution in [2.75, 3.05) is 19.3 Å². The standard InChI is InChI=1S/C24H25F3N2O5S/c1-15(24(25,26)27)34-21-8-7-19(35(2,32)33)12-20(21)23(31)29-13-17-6-5-16(11-18(17)14-29)22(30)28-9-3-4-10-28/h5-8,11-12,15H,3-4,9-10,13-14H2,1-2H3/t15-/m0/s1. The SMILES string of the molecule is C[C@H](Oc1ccc(S(C)(=O)=O)cc1C(=O)N1Cc2ccc(C(=O)N3CCCC3)cc2C1)C(F)(F)F. The Balaban J connectivity index is 1.61. The quantitative estimate of drug-likeness (QED) is 0.611. The molecule has 0 aliphatic carbocycles. The number of sulfone groups is 1. The van der Waals surface area contributed by atoms with Crippen LogP contribution in [0.4, 0.5) is 13.2 Å². The minimum Gasteiger partial charge on any atom is -0.480 e. The summed E-state index contributed by atoms with van der Waals surface area (Å²) in [6.45, 7) is 2.52. The molecular weight excluding hydrogens is 485 g/mol. The molecule has 0 spiro atoms. The average molecular weight is 511 g/mol. The number of amides is 2. The maximum Gasteiger partial charge on any atom is 0.425 e. The van der Waals surface area contributed by atoms with Gasteiger partial charge in [0.25, 0.3) is 11.8 Å². The number of ether oxygens (including phenoxy) is 1. The molecule has 35 heavy (non-hydrogen) atoms. The van der Waals surface area contributed by atoms with Crippen LogP contribution < -0.4 is 4.74 Å². The molecule has 0 aromatic heterocycles. The number of nitrogens with zero attached hydrogens (tertiary/aromatic N) is 2. The van der Waals surface area contributed by atoms with Crippen molar-refractivity contribution >= 4 is 21.7 Å². The molecule has 1 fully saturated rings. The van der Waals surface area contributed by atoms with E-state index in [9.17, 15) is 31.2 Å². The van der Waals surface area contributed by atoms with Crippen molar-refractivity contribution in [2.45, 2.75) is 50.0 Å². The molecule has 7 nitrogen and oxygen atoms in total. The van der Waals surface area contributed by atoms with Gasteiger partial charge in [-0.05, 0) is 61.2 Å². The molecule has 188 valence electrons. The lowest BCUT2D eigenvalue weighted by Crippen LogP contribution is -2.32. The first-order valence-corrected chi connectivity index (χ1v) is 13.0. The molecule has 11 heteroatoms. The zero-order valence-electron chi connectivity index (χ0n) is 19.3. The molecule has 2 aromatic rings. The van der Waals surface area contributed by atoms with Crippen LogP contribution in [0.1, 0.15) is 51.6 Å². The van der Waals surface area contributed by atoms with Gasteiger partial charge in [-0.15, -0.1) is 0 Å². The van der Waals surface area contributed by atoms with Gasteiger partial charge in [0.05, 0.1) is 10.5 Å². The Kier molecular flexibility index (Phi) is 6.56. The molecule has 0 saturated carbocycles. The number of rotatable bonds is 5. The minimum atomic E-state index is -4.67. The highest BCUT2D eigenvalue weighted by Crippen LogP contribution is 2.32. The fourth-order valence-corrected chi connectivity index (χ4v) is 4.86. The van der Waals surface area contributed by atoms with E-state index in [1.165, 1.54) is 4.90 Å². The van der Waals surface area contributed by atoms with Crippen LogP contribution in [0.15, 0.2) is 41.3 Å². The van der Waals surface area contributed by atoms with Crippen LogP contribution in [-0.2, 0) is 22.9 Å². The third kappa shape index (κ3) is 5.29. The largest absolute Gasteiger partial charge is 0.480 e. The van der Waals surface area contributed by atoms with Gasteiger partial charge in [-0.1, -0.05) is 6.07 Å². The molecule has 2 heterocycles. The van der Waals surface area contributed by atoms with Crippen molar-refractivity contribution in [2.24, 2.45) is 0 Å². The second kappa shape index (κ2) is 9.18. The fourth-order valence-electron chi connectivity index (χ4n) is 4.21. The highest BCUT2D eigenvalue weighted by molar-refractivity contribution is 7.90. The molecule has 0 radical (unpaired) electrons. The third-order valence-corrected chi connectivity index (χ3v) is 7.34. The number of carbonyl (C=O) groups excluding carboxylic acids is 2. The Labute approximate surface area is 201 Å². The van der Waals surface area contributed by atoms with Crippen LogP contribution in [0.25, 0.3) is 0 Å². The first-order valence-electron chi connectivity index (χ1n) is 11.1. The predicted molar refractivity (Wildman–Crippen MR) is 121 cm³/mol. The molecule has 2 aromatic carbocycles. The lowest BCUT2D eigenvalue weighted by molar-refractivity contribution is -0.189. The van der Waals surface area contributed by atoms with E-state index in [1.807, 2.05) is 0 Å². The van der Waals surface area contributed by atoms with Gasteiger partial charge in [-0.25, -0.2) is 8.42 Å². The molecule has 2 amide bonds. The lowest BCUT2D eigenvalue weighted by Gasteiger charge is -2.22. The smallest absolute Gasteiger partial charge is 0.425 e. The summed E-state index contributed by atoms with van der Waals surface area (Å²) in [7, 11) is -3.72. The van der Waals surface area contributed by atoms with Crippen LogP contribution in [0.3, 0.4) is 0 Å². The van der Waals surface area contributed by atoms with Crippen LogP contribution in [-0.4, -0.2) is 61.7 Å². The topological polar surface area (TPSA) is 84.0 Å². The van der Waals surface area contributed by atoms with E-state index in [4.69, 9.17) is 4.74 Å². The van der Waals surface area contributed by atoms with E-state index in [1.54, 1.807) is 23.1 Å². The molecule has 0 unspecified atom stereocenters. The van der Waals surface area contributed by atoms with Crippen LogP contribution in [0.5, 0.6) is 5.75 Å². The normalized spacial score (nSPS) is 16.8. The van der Waals surface area contributed by atoms with E-state index in [0.29, 0.717) is 18.7 Å². The van der Waals surface area contributed by atoms with E-state index in [-0.39, 0.29) is 35.2 Å². The first-order chi connectivity index (χ1) is 16.3. The number of alkyl halides is 3. The molecule has 0 N–H and O–H groups in total. The second-order valence-electron chi connectivity index (χ2n) is 8.88. The van der Waals surface area contributed by atoms with Gasteiger partial charge in [0.2, 0.25) is 0 Å². The Hall–Kier alpha value is -3.08. The summed E-state index contributed by atoms with van der Waals surface area (Å²) in [5.74, 6) is -1.09. The molecule has 1 saturated heterocycles. The van der Waals surface area contributed by atoms with Crippen molar-refractivity contribution in [3.05, 3.63) is 58.7 Å². The molecule has 4 rings (SSSR count). The van der Waals surface area contributed by atoms with Crippen molar-refractivity contribution in [1.29, 1.82) is 0 Å². The van der Waals surface area contributed by atoms with Gasteiger partial charge >= 0.3 is 6.18 Å². The van der Waals surface area contributed by atoms with E-state index in [2.05, 4.69) is 0 Å². The monoisotopic (exact) mass is 510 g/mol. The average Bonchev–Trinajstić information content (AvgIpc) is 3.46. The predicted octanol–water partition coefficient (Wildman–Crippen LogP) is 3.81. The van der Waals surface area contributed by atoms with Gasteiger partial charge < -0.3 is 14.5 Å². The number of fused-ring (bicyclic) bond motifs is 1. The zero-order chi connectivity index (χ0) is 25.5. The summed E-state index contributed by atoms with van der Waals surface area (Å²) in [4.78, 5) is 29.1. The number of hydrogen-bond donors (Lipinski definition) is 0. The number of likely N-dealkylation sites (tertiary alicyclic amines) is 1. The Morgan fingerprint density at radius 1 is 0.943 bits per heavy atom. The zero-order valence-corrected chi connectivity index (χ0v) is 20.1. The molecule has 1 atom stereocenters. The Morgan fingerprint density at radius 3 is 2.23 bits per heavy atom. The maximum absolute atomic E-state index is 13.4. The summed E-state index contributed by atoms with van der Waals surface area (Å²) < 4.78 is 68.3. The number of benzene rings is 2. The molecule has 0 bridgehead atoms. The van der Waals surface area contributed by atoms with Crippen LogP contribution in [0, 0.1) is 0 Å². The van der Waals surface area contributed by atoms with Crippen molar-refractivity contribution in [3.8, 4) is 5.75 Å². The fraction of sp³-hybridized carbons (Fsp3) is 0.417. The maximum atomic E-state index is 13.4. The highest BCUT2D eigenvalue weighted by Gasteiger charge is 2.39. The summed E-state index contributed by atoms with van der Waals surface area (Å²) in [5, 5.41) is 0. The Bertz CT molecular complexity index is 1270. The van der Waals surface area contributed by atoms with Crippen molar-refractivity contribution in [1.82, 2.24) is 9.80 Å². The molecule has 2 aliphatic heterocycles. The molecular formula is C24H25F3N2O5S. The summed E-state index contributed by atoms with van der Waals surface area (Å²) in [6, 6.07) is 8.43. The van der Waals surface area contributed by atoms with E-state index < -0.39 is 28.0 Å². The summed E-state index contributed by atoms with van der Waals surface area (Å²) in [5.41, 5.74) is 1.81. The number of carbonyl (C=O) groups is 2. The van der Waals surface area contributed by atoms with Gasteiger partial charge in [-0.3, -0.25) is 9.59 Å². The minimum absolute atomic E-state index is 0.0762. The number of halogens is 3. The van der Waals surface area contributed by atoms with Gasteiger partial charge in [0.1, 0.15) is 5.75 Å². The van der Waals surface area contributed by atoms with Gasteiger partial charge in [0, 0.05) is 38.0 Å². The number of hydrogen-bond acceptors (Lipinski definition) is 5. The van der Waals surface area contributed by atoms with Crippen molar-refractivity contribution in [3.63, 3.8) is 0 Å². The van der Waals surface area contributed by atoms with E-state index >= 15 is 0 Å². The second-order valence-corrected chi connectivity index (χ2v) is 10.9. The third-order valence-electron chi connectivity index (χ3n) is 6.23. The summed E-state index contributed by atoms with van der Waals surface area (Å²) in [6.07, 6.45) is -4.00. The van der Waals surface area contributed by atoms with Gasteiger partial charge in [-0.2, -0.15) is 13.2 Å². The molecule has 2 aliphatic rings. The first kappa shape index (κ1) is 25.0. The lowest BCUT2D eigenvalue weighted by atomic mass is 10.1. The van der Waals surface area contributed by atoms with Gasteiger partial charge in [0.15, 0.2) is 15.9 Å².